The van der Waals surface area contributed by atoms with Crippen LogP contribution < -0.4 is 4.90 Å². The second-order valence-corrected chi connectivity index (χ2v) is 8.30. The van der Waals surface area contributed by atoms with Crippen LogP contribution in [-0.2, 0) is 16.1 Å². The van der Waals surface area contributed by atoms with E-state index < -0.39 is 24.1 Å². The zero-order valence-corrected chi connectivity index (χ0v) is 19.6. The molecule has 1 aromatic heterocycles. The maximum Gasteiger partial charge on any atom is 0.335 e. The second-order valence-electron chi connectivity index (χ2n) is 7.87. The first-order valence-corrected chi connectivity index (χ1v) is 11.0. The number of aliphatic hydroxyl groups is 2. The van der Waals surface area contributed by atoms with E-state index in [0.717, 1.165) is 41.6 Å². The molecule has 0 amide bonds. The molecule has 2 aromatic carbocycles. The molecular weight excluding hydrogens is 476 g/mol. The number of carboxylic acids is 2. The third kappa shape index (κ3) is 6.74. The van der Waals surface area contributed by atoms with Gasteiger partial charge >= 0.3 is 11.9 Å². The van der Waals surface area contributed by atoms with Crippen molar-refractivity contribution in [3.8, 4) is 11.3 Å². The number of carbonyl (C=O) groups is 2. The van der Waals surface area contributed by atoms with E-state index in [1.807, 2.05) is 12.1 Å². The highest BCUT2D eigenvalue weighted by atomic mass is 35.5. The lowest BCUT2D eigenvalue weighted by atomic mass is 10.0. The molecule has 0 saturated carbocycles. The van der Waals surface area contributed by atoms with Gasteiger partial charge in [0.25, 0.3) is 0 Å². The number of benzene rings is 2. The molecule has 3 aromatic rings. The van der Waals surface area contributed by atoms with Gasteiger partial charge in [-0.2, -0.15) is 0 Å². The number of likely N-dealkylation sites (N-methyl/N-ethyl adjacent to an activating group) is 1. The van der Waals surface area contributed by atoms with Crippen LogP contribution in [0.1, 0.15) is 5.56 Å². The molecule has 0 fully saturated rings. The molecule has 2 heterocycles. The fourth-order valence-electron chi connectivity index (χ4n) is 3.50. The van der Waals surface area contributed by atoms with Crippen molar-refractivity contribution in [2.75, 3.05) is 25.0 Å². The molecule has 1 aliphatic heterocycles. The Labute approximate surface area is 206 Å². The summed E-state index contributed by atoms with van der Waals surface area (Å²) in [7, 11) is 2.16. The van der Waals surface area contributed by atoms with Gasteiger partial charge in [0.1, 0.15) is 0 Å². The van der Waals surface area contributed by atoms with Crippen LogP contribution in [0.2, 0.25) is 5.02 Å². The summed E-state index contributed by atoms with van der Waals surface area (Å²) in [5, 5.41) is 33.3. The minimum Gasteiger partial charge on any atom is -0.479 e. The van der Waals surface area contributed by atoms with Crippen LogP contribution in [0, 0.1) is 0 Å². The van der Waals surface area contributed by atoms with Crippen LogP contribution in [0.25, 0.3) is 11.3 Å². The average Bonchev–Trinajstić information content (AvgIpc) is 3.02. The number of anilines is 2. The van der Waals surface area contributed by atoms with Gasteiger partial charge in [-0.15, -0.1) is 0 Å². The standard InChI is InChI=1S/C20H19ClN4.C4H6O6/c1-24-10-11-25(18-5-3-17(21)4-6-18)20-7-2-15(12-16(20)14-24)19-13-22-8-9-23-19;5-1(3(7)8)2(6)4(9)10/h2-9,12-13H,10-11,14H2,1H3;1-2,5-6H,(H,7,8)(H,9,10)/t;1-,2-/m.1/s1. The van der Waals surface area contributed by atoms with Crippen molar-refractivity contribution in [3.05, 3.63) is 71.6 Å². The van der Waals surface area contributed by atoms with Gasteiger partial charge in [-0.05, 0) is 49.0 Å². The highest BCUT2D eigenvalue weighted by Gasteiger charge is 2.29. The minimum absolute atomic E-state index is 0.758. The molecule has 4 rings (SSSR count). The lowest BCUT2D eigenvalue weighted by molar-refractivity contribution is -0.165. The van der Waals surface area contributed by atoms with Crippen LogP contribution in [-0.4, -0.2) is 79.6 Å². The Morgan fingerprint density at radius 1 is 0.971 bits per heavy atom. The number of carboxylic acid groups (broad SMARTS) is 2. The van der Waals surface area contributed by atoms with E-state index >= 15 is 0 Å². The SMILES string of the molecule is CN1CCN(c2ccc(Cl)cc2)c2ccc(-c3cnccn3)cc2C1.O=C(O)[C@H](O)[C@@H](O)C(=O)O. The third-order valence-electron chi connectivity index (χ3n) is 5.32. The molecule has 10 nitrogen and oxygen atoms in total. The Kier molecular flexibility index (Phi) is 8.72. The number of rotatable bonds is 5. The topological polar surface area (TPSA) is 147 Å². The van der Waals surface area contributed by atoms with Crippen LogP contribution in [0.3, 0.4) is 0 Å². The van der Waals surface area contributed by atoms with Crippen LogP contribution in [0.5, 0.6) is 0 Å². The lowest BCUT2D eigenvalue weighted by Crippen LogP contribution is -2.39. The molecule has 2 atom stereocenters. The highest BCUT2D eigenvalue weighted by Crippen LogP contribution is 2.34. The number of halogens is 1. The van der Waals surface area contributed by atoms with Crippen molar-refractivity contribution in [2.45, 2.75) is 18.8 Å². The number of aliphatic hydroxyl groups excluding tert-OH is 2. The third-order valence-corrected chi connectivity index (χ3v) is 5.57. The zero-order valence-electron chi connectivity index (χ0n) is 18.8. The van der Waals surface area contributed by atoms with Gasteiger partial charge in [0.2, 0.25) is 0 Å². The molecule has 0 spiro atoms. The molecule has 11 heteroatoms. The minimum atomic E-state index is -2.27. The number of fused-ring (bicyclic) bond motifs is 1. The Morgan fingerprint density at radius 2 is 1.63 bits per heavy atom. The van der Waals surface area contributed by atoms with E-state index in [1.54, 1.807) is 18.6 Å². The van der Waals surface area contributed by atoms with E-state index in [0.29, 0.717) is 0 Å². The van der Waals surface area contributed by atoms with Gasteiger partial charge in [0.15, 0.2) is 12.2 Å². The predicted octanol–water partition coefficient (Wildman–Crippen LogP) is 2.26. The van der Waals surface area contributed by atoms with Crippen LogP contribution in [0.15, 0.2) is 61.1 Å². The lowest BCUT2D eigenvalue weighted by Gasteiger charge is -2.25. The molecule has 4 N–H and O–H groups in total. The summed E-state index contributed by atoms with van der Waals surface area (Å²) in [6.45, 7) is 2.85. The summed E-state index contributed by atoms with van der Waals surface area (Å²) >= 11 is 6.06. The molecule has 0 radical (unpaired) electrons. The summed E-state index contributed by atoms with van der Waals surface area (Å²) in [5.74, 6) is -3.54. The van der Waals surface area contributed by atoms with E-state index in [2.05, 4.69) is 57.1 Å². The average molecular weight is 501 g/mol. The Balaban J connectivity index is 0.000000292. The van der Waals surface area contributed by atoms with E-state index in [4.69, 9.17) is 32.0 Å². The van der Waals surface area contributed by atoms with Crippen molar-refractivity contribution in [1.29, 1.82) is 0 Å². The number of aliphatic carboxylic acids is 2. The van der Waals surface area contributed by atoms with Crippen LogP contribution in [0.4, 0.5) is 11.4 Å². The van der Waals surface area contributed by atoms with Gasteiger partial charge < -0.3 is 30.2 Å². The van der Waals surface area contributed by atoms with Crippen molar-refractivity contribution in [1.82, 2.24) is 14.9 Å². The van der Waals surface area contributed by atoms with Gasteiger partial charge in [-0.25, -0.2) is 9.59 Å². The largest absolute Gasteiger partial charge is 0.479 e. The summed E-state index contributed by atoms with van der Waals surface area (Å²) in [4.78, 5) is 32.8. The number of aromatic nitrogens is 2. The van der Waals surface area contributed by atoms with Crippen molar-refractivity contribution in [2.24, 2.45) is 0 Å². The second kappa shape index (κ2) is 11.7. The molecule has 35 heavy (non-hydrogen) atoms. The van der Waals surface area contributed by atoms with Crippen molar-refractivity contribution >= 4 is 34.9 Å². The maximum absolute atomic E-state index is 9.77. The molecule has 184 valence electrons. The first kappa shape index (κ1) is 26.0. The summed E-state index contributed by atoms with van der Waals surface area (Å²) in [6.07, 6.45) is 0.699. The Morgan fingerprint density at radius 3 is 2.20 bits per heavy atom. The highest BCUT2D eigenvalue weighted by molar-refractivity contribution is 6.30. The van der Waals surface area contributed by atoms with Gasteiger partial charge in [-0.3, -0.25) is 9.97 Å². The quantitative estimate of drug-likeness (QED) is 0.411. The molecular formula is C24H25ClN4O6. The summed E-state index contributed by atoms with van der Waals surface area (Å²) in [5.41, 5.74) is 5.68. The van der Waals surface area contributed by atoms with Crippen molar-refractivity contribution < 1.29 is 30.0 Å². The molecule has 1 aliphatic rings. The normalized spacial score (nSPS) is 15.1. The summed E-state index contributed by atoms with van der Waals surface area (Å²) < 4.78 is 0. The van der Waals surface area contributed by atoms with Gasteiger partial charge in [0.05, 0.1) is 11.9 Å². The molecule has 0 saturated heterocycles. The van der Waals surface area contributed by atoms with Crippen molar-refractivity contribution in [3.63, 3.8) is 0 Å². The molecule has 0 unspecified atom stereocenters. The first-order chi connectivity index (χ1) is 16.7. The fraction of sp³-hybridized carbons (Fsp3) is 0.250. The van der Waals surface area contributed by atoms with E-state index in [9.17, 15) is 9.59 Å². The van der Waals surface area contributed by atoms with Crippen LogP contribution >= 0.6 is 11.6 Å². The van der Waals surface area contributed by atoms with Gasteiger partial charge in [0, 0.05) is 54.0 Å². The number of hydrogen-bond donors (Lipinski definition) is 4. The molecule has 0 aliphatic carbocycles. The zero-order chi connectivity index (χ0) is 25.5. The summed E-state index contributed by atoms with van der Waals surface area (Å²) in [6, 6.07) is 14.6. The monoisotopic (exact) mass is 500 g/mol. The predicted molar refractivity (Wildman–Crippen MR) is 130 cm³/mol. The maximum atomic E-state index is 9.77. The van der Waals surface area contributed by atoms with E-state index in [1.165, 1.54) is 11.3 Å². The van der Waals surface area contributed by atoms with Gasteiger partial charge in [-0.1, -0.05) is 17.7 Å². The number of hydrogen-bond acceptors (Lipinski definition) is 8. The van der Waals surface area contributed by atoms with E-state index in [-0.39, 0.29) is 0 Å². The molecule has 0 bridgehead atoms. The number of nitrogens with zero attached hydrogens (tertiary/aromatic N) is 4. The smallest absolute Gasteiger partial charge is 0.335 e. The first-order valence-electron chi connectivity index (χ1n) is 10.6. The Hall–Kier alpha value is -3.57. The fourth-order valence-corrected chi connectivity index (χ4v) is 3.63. The Bertz CT molecular complexity index is 1140.